The first-order chi connectivity index (χ1) is 14.9. The number of oxime groups is 2. The molecule has 0 saturated carbocycles. The second kappa shape index (κ2) is 11.7. The fourth-order valence-corrected chi connectivity index (χ4v) is 5.57. The Labute approximate surface area is 216 Å². The largest absolute Gasteiger partial charge is 1.00 e. The van der Waals surface area contributed by atoms with E-state index in [0.29, 0.717) is 4.91 Å². The number of aromatic nitrogens is 1. The van der Waals surface area contributed by atoms with Crippen molar-refractivity contribution in [3.8, 4) is 0 Å². The molecule has 2 amide bonds. The van der Waals surface area contributed by atoms with E-state index >= 15 is 0 Å². The molecule has 12 nitrogen and oxygen atoms in total. The molecule has 2 aliphatic heterocycles. The van der Waals surface area contributed by atoms with Crippen LogP contribution in [-0.2, 0) is 19.2 Å². The Kier molecular flexibility index (Phi) is 9.60. The van der Waals surface area contributed by atoms with E-state index in [1.807, 2.05) is 0 Å². The molecule has 32 heavy (non-hydrogen) atoms. The number of carboxylic acid groups (broad SMARTS) is 1. The molecule has 0 aliphatic carbocycles. The summed E-state index contributed by atoms with van der Waals surface area (Å²) in [6.45, 7) is 0. The molecule has 1 saturated heterocycles. The van der Waals surface area contributed by atoms with Crippen LogP contribution >= 0.6 is 34.9 Å². The number of allylic oxidation sites excluding steroid dienone is 1. The van der Waals surface area contributed by atoms with Gasteiger partial charge in [0.25, 0.3) is 11.8 Å². The van der Waals surface area contributed by atoms with Crippen LogP contribution in [0.4, 0.5) is 5.13 Å². The van der Waals surface area contributed by atoms with Crippen molar-refractivity contribution in [3.63, 3.8) is 0 Å². The second-order valence-electron chi connectivity index (χ2n) is 5.82. The first kappa shape index (κ1) is 26.2. The fourth-order valence-electron chi connectivity index (χ4n) is 2.74. The number of rotatable bonds is 8. The molecule has 16 heteroatoms. The third-order valence-electron chi connectivity index (χ3n) is 4.03. The standard InChI is InChI=1S/C16H16N6O6S3.Na/c1-28-18-3-2-4-29-8-6-30-14-10(13(24)22(14)11(8)15(25)26)20-12(23)9(21-27)7-5-31-16(17)19-7;/h2-5,10,14,27H,6H2,1H3,(H2,17,19)(H,20,23)(H,25,26);/q;+1/p-1/b4-2-,18-3+,21-9-;/t10?,14-;/m1./s1. The van der Waals surface area contributed by atoms with Gasteiger partial charge in [0, 0.05) is 16.0 Å². The van der Waals surface area contributed by atoms with Crippen LogP contribution in [-0.4, -0.2) is 69.1 Å². The minimum atomic E-state index is -1.50. The molecule has 1 fully saturated rings. The predicted octanol–water partition coefficient (Wildman–Crippen LogP) is -3.85. The fraction of sp³-hybridized carbons (Fsp3) is 0.250. The van der Waals surface area contributed by atoms with Gasteiger partial charge < -0.3 is 31.0 Å². The normalized spacial score (nSPS) is 20.7. The van der Waals surface area contributed by atoms with Crippen LogP contribution < -0.4 is 45.7 Å². The minimum Gasteiger partial charge on any atom is -0.543 e. The van der Waals surface area contributed by atoms with Gasteiger partial charge in [-0.15, -0.1) is 23.1 Å². The summed E-state index contributed by atoms with van der Waals surface area (Å²) in [5, 5.41) is 32.3. The smallest absolute Gasteiger partial charge is 0.543 e. The molecule has 0 radical (unpaired) electrons. The van der Waals surface area contributed by atoms with Crippen LogP contribution in [0.2, 0.25) is 0 Å². The quantitative estimate of drug-likeness (QED) is 0.104. The van der Waals surface area contributed by atoms with Crippen molar-refractivity contribution in [2.24, 2.45) is 10.3 Å². The number of fused-ring (bicyclic) bond motifs is 1. The van der Waals surface area contributed by atoms with E-state index in [2.05, 4.69) is 25.4 Å². The van der Waals surface area contributed by atoms with E-state index in [0.717, 1.165) is 28.0 Å². The third kappa shape index (κ3) is 5.47. The molecule has 1 aromatic heterocycles. The number of nitrogens with two attached hydrogens (primary N) is 1. The number of nitrogens with zero attached hydrogens (tertiary/aromatic N) is 4. The van der Waals surface area contributed by atoms with Gasteiger partial charge in [-0.05, 0) is 11.5 Å². The van der Waals surface area contributed by atoms with E-state index < -0.39 is 34.9 Å². The summed E-state index contributed by atoms with van der Waals surface area (Å²) in [5.41, 5.74) is 4.92. The van der Waals surface area contributed by atoms with Crippen LogP contribution in [0.25, 0.3) is 0 Å². The molecule has 2 aliphatic rings. The summed E-state index contributed by atoms with van der Waals surface area (Å²) in [4.78, 5) is 46.7. The third-order valence-corrected chi connectivity index (χ3v) is 7.09. The number of anilines is 1. The van der Waals surface area contributed by atoms with Gasteiger partial charge in [-0.3, -0.25) is 14.5 Å². The minimum absolute atomic E-state index is 0. The Balaban J connectivity index is 0.00000363. The average molecular weight is 507 g/mol. The Hall–Kier alpha value is -2.04. The number of nitrogens with one attached hydrogen (secondary N) is 1. The van der Waals surface area contributed by atoms with Gasteiger partial charge in [0.2, 0.25) is 0 Å². The summed E-state index contributed by atoms with van der Waals surface area (Å²) in [6, 6.07) is -1.00. The number of carbonyl (C=O) groups is 3. The van der Waals surface area contributed by atoms with E-state index in [1.165, 1.54) is 30.5 Å². The number of hydrogen-bond acceptors (Lipinski definition) is 13. The number of aliphatic carboxylic acids is 1. The Bertz CT molecular complexity index is 1030. The maximum absolute atomic E-state index is 12.6. The summed E-state index contributed by atoms with van der Waals surface area (Å²) < 4.78 is 0. The number of thiazole rings is 1. The van der Waals surface area contributed by atoms with Gasteiger partial charge in [0.05, 0.1) is 17.9 Å². The molecule has 2 atom stereocenters. The van der Waals surface area contributed by atoms with E-state index in [1.54, 1.807) is 11.5 Å². The number of β-lactam (4-membered cyclic amide) rings is 1. The van der Waals surface area contributed by atoms with Crippen LogP contribution in [0.15, 0.2) is 37.8 Å². The first-order valence-corrected chi connectivity index (χ1v) is 11.2. The maximum Gasteiger partial charge on any atom is 1.00 e. The van der Waals surface area contributed by atoms with E-state index in [4.69, 9.17) is 5.73 Å². The number of amides is 2. The molecule has 3 rings (SSSR count). The molecule has 164 valence electrons. The second-order valence-corrected chi connectivity index (χ2v) is 8.82. The van der Waals surface area contributed by atoms with Gasteiger partial charge >= 0.3 is 29.6 Å². The van der Waals surface area contributed by atoms with Crippen molar-refractivity contribution < 1.29 is 59.1 Å². The molecule has 4 N–H and O–H groups in total. The summed E-state index contributed by atoms with van der Waals surface area (Å²) in [7, 11) is 1.39. The number of nitrogen functional groups attached to an aromatic ring is 1. The van der Waals surface area contributed by atoms with Crippen molar-refractivity contribution in [3.05, 3.63) is 33.2 Å². The Morgan fingerprint density at radius 3 is 2.88 bits per heavy atom. The van der Waals surface area contributed by atoms with Crippen molar-refractivity contribution in [1.82, 2.24) is 15.2 Å². The van der Waals surface area contributed by atoms with Crippen LogP contribution in [0.5, 0.6) is 0 Å². The van der Waals surface area contributed by atoms with Gasteiger partial charge in [-0.1, -0.05) is 22.1 Å². The van der Waals surface area contributed by atoms with Gasteiger partial charge in [-0.2, -0.15) is 0 Å². The van der Waals surface area contributed by atoms with Crippen LogP contribution in [0.1, 0.15) is 5.69 Å². The zero-order valence-electron chi connectivity index (χ0n) is 16.8. The van der Waals surface area contributed by atoms with Gasteiger partial charge in [0.15, 0.2) is 10.8 Å². The van der Waals surface area contributed by atoms with Crippen molar-refractivity contribution >= 4 is 69.7 Å². The monoisotopic (exact) mass is 506 g/mol. The van der Waals surface area contributed by atoms with Gasteiger partial charge in [-0.25, -0.2) is 4.98 Å². The molecular formula is C16H15N6NaO6S3. The number of thioether (sulfide) groups is 2. The van der Waals surface area contributed by atoms with E-state index in [9.17, 15) is 24.7 Å². The maximum atomic E-state index is 12.6. The van der Waals surface area contributed by atoms with Crippen LogP contribution in [0, 0.1) is 0 Å². The molecule has 0 aromatic carbocycles. The zero-order chi connectivity index (χ0) is 22.5. The Morgan fingerprint density at radius 1 is 1.53 bits per heavy atom. The molecule has 0 spiro atoms. The van der Waals surface area contributed by atoms with Crippen LogP contribution in [0.3, 0.4) is 0 Å². The van der Waals surface area contributed by atoms with Crippen molar-refractivity contribution in [2.45, 2.75) is 11.4 Å². The molecule has 1 aromatic rings. The number of carboxylic acids is 1. The first-order valence-electron chi connectivity index (χ1n) is 8.40. The topological polar surface area (TPSA) is 183 Å². The van der Waals surface area contributed by atoms with Crippen molar-refractivity contribution in [1.29, 1.82) is 0 Å². The molecule has 0 bridgehead atoms. The number of carbonyl (C=O) groups excluding carboxylic acids is 3. The molecule has 3 heterocycles. The van der Waals surface area contributed by atoms with E-state index in [-0.39, 0.29) is 51.8 Å². The SMILES string of the molecule is CO/N=C/C=C\SC1=C(C(=O)[O-])N2C(=O)C(NC(=O)/C(=N\O)c3csc(N)n3)[C@H]2SC1.[Na+]. The summed E-state index contributed by atoms with van der Waals surface area (Å²) >= 11 is 3.43. The summed E-state index contributed by atoms with van der Waals surface area (Å²) in [5.74, 6) is -2.68. The number of hydrogen-bond donors (Lipinski definition) is 3. The predicted molar refractivity (Wildman–Crippen MR) is 114 cm³/mol. The van der Waals surface area contributed by atoms with Gasteiger partial charge in [0.1, 0.15) is 24.2 Å². The summed E-state index contributed by atoms with van der Waals surface area (Å²) in [6.07, 6.45) is 2.92. The Morgan fingerprint density at radius 2 is 2.28 bits per heavy atom. The zero-order valence-corrected chi connectivity index (χ0v) is 21.2. The van der Waals surface area contributed by atoms with Crippen molar-refractivity contribution in [2.75, 3.05) is 18.6 Å². The molecular weight excluding hydrogens is 491 g/mol. The molecule has 1 unspecified atom stereocenters. The average Bonchev–Trinajstić information content (AvgIpc) is 3.17.